The Morgan fingerprint density at radius 2 is 1.69 bits per heavy atom. The second kappa shape index (κ2) is 9.69. The van der Waals surface area contributed by atoms with E-state index in [4.69, 9.17) is 4.74 Å². The molecule has 0 saturated carbocycles. The van der Waals surface area contributed by atoms with Crippen LogP contribution in [0, 0.1) is 0 Å². The summed E-state index contributed by atoms with van der Waals surface area (Å²) in [4.78, 5) is 39.0. The van der Waals surface area contributed by atoms with Crippen LogP contribution < -0.4 is 19.7 Å². The molecule has 1 saturated heterocycles. The summed E-state index contributed by atoms with van der Waals surface area (Å²) in [6, 6.07) is 12.3. The van der Waals surface area contributed by atoms with Crippen LogP contribution in [0.25, 0.3) is 0 Å². The molecule has 3 rings (SSSR count). The first-order valence-electron chi connectivity index (χ1n) is 9.92. The number of rotatable bonds is 8. The molecule has 0 radical (unpaired) electrons. The molecule has 170 valence electrons. The molecule has 2 aromatic carbocycles. The number of hydrogen-bond donors (Lipinski definition) is 2. The number of ether oxygens (including phenoxy) is 1. The summed E-state index contributed by atoms with van der Waals surface area (Å²) in [6.45, 7) is 4.26. The van der Waals surface area contributed by atoms with E-state index in [0.29, 0.717) is 25.4 Å². The minimum atomic E-state index is -3.95. The van der Waals surface area contributed by atoms with E-state index in [0.717, 1.165) is 18.4 Å². The van der Waals surface area contributed by atoms with Crippen LogP contribution in [0.5, 0.6) is 5.75 Å². The Morgan fingerprint density at radius 3 is 2.28 bits per heavy atom. The maximum Gasteiger partial charge on any atom is 0.325 e. The van der Waals surface area contributed by atoms with Gasteiger partial charge in [0.25, 0.3) is 10.0 Å². The monoisotopic (exact) mass is 460 g/mol. The predicted molar refractivity (Wildman–Crippen MR) is 118 cm³/mol. The molecule has 1 fully saturated rings. The predicted octanol–water partition coefficient (Wildman–Crippen LogP) is 1.79. The molecule has 0 aromatic heterocycles. The lowest BCUT2D eigenvalue weighted by atomic mass is 10.3. The van der Waals surface area contributed by atoms with Crippen molar-refractivity contribution >= 4 is 39.2 Å². The smallest absolute Gasteiger partial charge is 0.325 e. The Bertz CT molecular complexity index is 1100. The largest absolute Gasteiger partial charge is 0.494 e. The van der Waals surface area contributed by atoms with Crippen LogP contribution in [0.1, 0.15) is 13.8 Å². The zero-order valence-corrected chi connectivity index (χ0v) is 18.5. The highest BCUT2D eigenvalue weighted by atomic mass is 32.2. The summed E-state index contributed by atoms with van der Waals surface area (Å²) in [5.74, 6) is -0.392. The molecule has 1 aliphatic rings. The van der Waals surface area contributed by atoms with Gasteiger partial charge in [0, 0.05) is 31.4 Å². The van der Waals surface area contributed by atoms with Gasteiger partial charge < -0.3 is 15.0 Å². The van der Waals surface area contributed by atoms with Crippen LogP contribution >= 0.6 is 0 Å². The van der Waals surface area contributed by atoms with Crippen molar-refractivity contribution in [2.45, 2.75) is 18.7 Å². The van der Waals surface area contributed by atoms with Crippen LogP contribution in [-0.4, -0.2) is 57.4 Å². The van der Waals surface area contributed by atoms with Gasteiger partial charge in [-0.05, 0) is 55.5 Å². The third kappa shape index (κ3) is 5.55. The molecule has 4 amide bonds. The maximum atomic E-state index is 12.7. The van der Waals surface area contributed by atoms with Crippen molar-refractivity contribution in [1.29, 1.82) is 0 Å². The molecule has 0 unspecified atom stereocenters. The number of anilines is 2. The van der Waals surface area contributed by atoms with Gasteiger partial charge in [-0.1, -0.05) is 0 Å². The highest BCUT2D eigenvalue weighted by Gasteiger charge is 2.30. The van der Waals surface area contributed by atoms with Gasteiger partial charge in [0.2, 0.25) is 11.8 Å². The van der Waals surface area contributed by atoms with E-state index in [1.807, 2.05) is 11.6 Å². The minimum Gasteiger partial charge on any atom is -0.494 e. The van der Waals surface area contributed by atoms with Gasteiger partial charge in [0.05, 0.1) is 11.5 Å². The summed E-state index contributed by atoms with van der Waals surface area (Å²) in [7, 11) is -3.95. The quantitative estimate of drug-likeness (QED) is 0.619. The number of hydrogen-bond acceptors (Lipinski definition) is 6. The highest BCUT2D eigenvalue weighted by molar-refractivity contribution is 7.90. The zero-order valence-electron chi connectivity index (χ0n) is 17.7. The lowest BCUT2D eigenvalue weighted by Gasteiger charge is -2.19. The standard InChI is InChI=1S/C21H24N4O6S/c1-3-31-18-8-6-17(7-9-18)25-13-12-24(21(25)28)14-20(27)22-16-4-10-19(11-5-16)32(29,30)23-15(2)26/h4-11H,3,12-14H2,1-2H3,(H,22,27)(H,23,26). The first kappa shape index (κ1) is 23.1. The van der Waals surface area contributed by atoms with Gasteiger partial charge in [-0.25, -0.2) is 17.9 Å². The van der Waals surface area contributed by atoms with Crippen molar-refractivity contribution in [1.82, 2.24) is 9.62 Å². The van der Waals surface area contributed by atoms with Crippen molar-refractivity contribution in [2.75, 3.05) is 36.5 Å². The van der Waals surface area contributed by atoms with Gasteiger partial charge >= 0.3 is 6.03 Å². The Labute approximate surface area is 186 Å². The Kier molecular flexibility index (Phi) is 6.98. The number of carbonyl (C=O) groups excluding carboxylic acids is 3. The van der Waals surface area contributed by atoms with Crippen LogP contribution in [0.15, 0.2) is 53.4 Å². The van der Waals surface area contributed by atoms with E-state index >= 15 is 0 Å². The summed E-state index contributed by atoms with van der Waals surface area (Å²) in [6.07, 6.45) is 0. The highest BCUT2D eigenvalue weighted by Crippen LogP contribution is 2.23. The third-order valence-electron chi connectivity index (χ3n) is 4.62. The van der Waals surface area contributed by atoms with E-state index in [1.54, 1.807) is 29.2 Å². The normalized spacial score (nSPS) is 13.8. The van der Waals surface area contributed by atoms with E-state index in [-0.39, 0.29) is 17.5 Å². The van der Waals surface area contributed by atoms with Gasteiger partial charge in [-0.3, -0.25) is 14.5 Å². The fourth-order valence-corrected chi connectivity index (χ4v) is 4.19. The van der Waals surface area contributed by atoms with Crippen molar-refractivity contribution in [3.63, 3.8) is 0 Å². The summed E-state index contributed by atoms with van der Waals surface area (Å²) >= 11 is 0. The maximum absolute atomic E-state index is 12.7. The Morgan fingerprint density at radius 1 is 1.03 bits per heavy atom. The number of urea groups is 1. The topological polar surface area (TPSA) is 125 Å². The Hall–Kier alpha value is -3.60. The first-order valence-corrected chi connectivity index (χ1v) is 11.4. The van der Waals surface area contributed by atoms with E-state index in [1.165, 1.54) is 29.2 Å². The van der Waals surface area contributed by atoms with Gasteiger partial charge in [-0.15, -0.1) is 0 Å². The van der Waals surface area contributed by atoms with Crippen molar-refractivity contribution in [3.8, 4) is 5.75 Å². The number of carbonyl (C=O) groups is 3. The molecule has 2 N–H and O–H groups in total. The SMILES string of the molecule is CCOc1ccc(N2CCN(CC(=O)Nc3ccc(S(=O)(=O)NC(C)=O)cc3)C2=O)cc1. The summed E-state index contributed by atoms with van der Waals surface area (Å²) in [5, 5.41) is 2.63. The first-order chi connectivity index (χ1) is 15.2. The lowest BCUT2D eigenvalue weighted by molar-refractivity contribution is -0.117. The molecule has 0 aliphatic carbocycles. The number of amides is 4. The molecule has 0 bridgehead atoms. The number of sulfonamides is 1. The van der Waals surface area contributed by atoms with Gasteiger partial charge in [-0.2, -0.15) is 0 Å². The fourth-order valence-electron chi connectivity index (χ4n) is 3.20. The molecule has 0 atom stereocenters. The van der Waals surface area contributed by atoms with Crippen molar-refractivity contribution in [2.24, 2.45) is 0 Å². The molecular weight excluding hydrogens is 436 g/mol. The minimum absolute atomic E-state index is 0.105. The van der Waals surface area contributed by atoms with E-state index < -0.39 is 21.8 Å². The molecular formula is C21H24N4O6S. The average molecular weight is 461 g/mol. The molecule has 1 aliphatic heterocycles. The van der Waals surface area contributed by atoms with Gasteiger partial charge in [0.1, 0.15) is 12.3 Å². The van der Waals surface area contributed by atoms with Crippen molar-refractivity contribution in [3.05, 3.63) is 48.5 Å². The second-order valence-electron chi connectivity index (χ2n) is 7.02. The molecule has 32 heavy (non-hydrogen) atoms. The third-order valence-corrected chi connectivity index (χ3v) is 6.06. The average Bonchev–Trinajstić information content (AvgIpc) is 3.08. The molecule has 10 nitrogen and oxygen atoms in total. The Balaban J connectivity index is 1.57. The fraction of sp³-hybridized carbons (Fsp3) is 0.286. The van der Waals surface area contributed by atoms with E-state index in [2.05, 4.69) is 5.32 Å². The molecule has 2 aromatic rings. The van der Waals surface area contributed by atoms with E-state index in [9.17, 15) is 22.8 Å². The number of benzene rings is 2. The summed E-state index contributed by atoms with van der Waals surface area (Å²) < 4.78 is 31.2. The number of nitrogens with one attached hydrogen (secondary N) is 2. The van der Waals surface area contributed by atoms with Gasteiger partial charge in [0.15, 0.2) is 0 Å². The van der Waals surface area contributed by atoms with Crippen LogP contribution in [-0.2, 0) is 19.6 Å². The molecule has 0 spiro atoms. The second-order valence-corrected chi connectivity index (χ2v) is 8.70. The molecule has 1 heterocycles. The van der Waals surface area contributed by atoms with Crippen LogP contribution in [0.3, 0.4) is 0 Å². The van der Waals surface area contributed by atoms with Crippen molar-refractivity contribution < 1.29 is 27.5 Å². The zero-order chi connectivity index (χ0) is 23.3. The van der Waals surface area contributed by atoms with Crippen LogP contribution in [0.2, 0.25) is 0 Å². The number of nitrogens with zero attached hydrogens (tertiary/aromatic N) is 2. The lowest BCUT2D eigenvalue weighted by Crippen LogP contribution is -2.37. The van der Waals surface area contributed by atoms with Crippen LogP contribution in [0.4, 0.5) is 16.2 Å². The summed E-state index contributed by atoms with van der Waals surface area (Å²) in [5.41, 5.74) is 1.09. The molecule has 11 heteroatoms.